The first-order chi connectivity index (χ1) is 20.1. The van der Waals surface area contributed by atoms with Gasteiger partial charge in [-0.15, -0.1) is 0 Å². The lowest BCUT2D eigenvalue weighted by atomic mass is 9.87. The first kappa shape index (κ1) is 29.1. The normalized spacial score (nSPS) is 19.3. The number of aliphatic hydroxyl groups excluding tert-OH is 1. The molecule has 2 heterocycles. The summed E-state index contributed by atoms with van der Waals surface area (Å²) in [5.41, 5.74) is 1.02. The van der Waals surface area contributed by atoms with E-state index in [-0.39, 0.29) is 46.4 Å². The Morgan fingerprint density at radius 3 is 2.52 bits per heavy atom. The van der Waals surface area contributed by atoms with Crippen molar-refractivity contribution in [1.82, 2.24) is 10.3 Å². The minimum absolute atomic E-state index is 0.0235. The van der Waals surface area contributed by atoms with Crippen LogP contribution in [0.1, 0.15) is 48.4 Å². The lowest BCUT2D eigenvalue weighted by Crippen LogP contribution is -2.57. The number of benzene rings is 2. The number of hydrogen-bond acceptors (Lipinski definition) is 7. The van der Waals surface area contributed by atoms with E-state index in [0.29, 0.717) is 5.56 Å². The molecule has 9 nitrogen and oxygen atoms in total. The van der Waals surface area contributed by atoms with Crippen molar-refractivity contribution in [2.24, 2.45) is 0 Å². The molecule has 2 aromatic carbocycles. The number of pyridine rings is 1. The van der Waals surface area contributed by atoms with Crippen molar-refractivity contribution < 1.29 is 23.5 Å². The molecule has 3 atom stereocenters. The lowest BCUT2D eigenvalue weighted by molar-refractivity contribution is -0.123. The molecule has 1 unspecified atom stereocenters. The highest BCUT2D eigenvalue weighted by atomic mass is 35.5. The van der Waals surface area contributed by atoms with Crippen LogP contribution in [-0.2, 0) is 9.59 Å². The van der Waals surface area contributed by atoms with Gasteiger partial charge in [0.2, 0.25) is 5.91 Å². The number of amides is 2. The number of carbonyl (C=O) groups is 2. The summed E-state index contributed by atoms with van der Waals surface area (Å²) in [5.74, 6) is -3.75. The highest BCUT2D eigenvalue weighted by Gasteiger charge is 2.48. The van der Waals surface area contributed by atoms with Crippen LogP contribution in [0.15, 0.2) is 66.9 Å². The van der Waals surface area contributed by atoms with Crippen molar-refractivity contribution in [2.45, 2.75) is 56.0 Å². The third-order valence-electron chi connectivity index (χ3n) is 7.41. The molecule has 5 rings (SSSR count). The molecule has 2 aliphatic rings. The zero-order chi connectivity index (χ0) is 30.0. The molecule has 42 heavy (non-hydrogen) atoms. The fourth-order valence-corrected chi connectivity index (χ4v) is 5.66. The van der Waals surface area contributed by atoms with Gasteiger partial charge in [-0.05, 0) is 48.4 Å². The van der Waals surface area contributed by atoms with Crippen LogP contribution in [-0.4, -0.2) is 46.1 Å². The van der Waals surface area contributed by atoms with Gasteiger partial charge in [-0.25, -0.2) is 13.8 Å². The minimum Gasteiger partial charge on any atom is -0.376 e. The first-order valence-corrected chi connectivity index (χ1v) is 13.6. The minimum atomic E-state index is -2.86. The number of nitrogens with zero attached hydrogens (tertiary/aromatic N) is 5. The second-order valence-corrected chi connectivity index (χ2v) is 10.6. The van der Waals surface area contributed by atoms with Gasteiger partial charge >= 0.3 is 0 Å². The van der Waals surface area contributed by atoms with E-state index in [0.717, 1.165) is 0 Å². The van der Waals surface area contributed by atoms with Gasteiger partial charge < -0.3 is 5.11 Å². The summed E-state index contributed by atoms with van der Waals surface area (Å²) in [6.45, 7) is 0. The molecule has 1 aromatic heterocycles. The maximum Gasteiger partial charge on any atom is 0.251 e. The van der Waals surface area contributed by atoms with E-state index in [1.54, 1.807) is 42.5 Å². The molecule has 3 aromatic rings. The molecule has 0 radical (unpaired) electrons. The number of rotatable bonds is 8. The lowest BCUT2D eigenvalue weighted by Gasteiger charge is -2.42. The Labute approximate surface area is 245 Å². The monoisotopic (exact) mass is 590 g/mol. The molecule has 0 spiro atoms. The molecule has 1 aliphatic heterocycles. The molecular weight excluding hydrogens is 566 g/mol. The number of anilines is 2. The van der Waals surface area contributed by atoms with Crippen LogP contribution in [0.25, 0.3) is 0 Å². The van der Waals surface area contributed by atoms with E-state index in [1.807, 2.05) is 12.1 Å². The number of nitrogens with one attached hydrogen (secondary N) is 1. The van der Waals surface area contributed by atoms with Crippen LogP contribution >= 0.6 is 11.6 Å². The van der Waals surface area contributed by atoms with Crippen LogP contribution in [0, 0.1) is 22.7 Å². The van der Waals surface area contributed by atoms with Crippen molar-refractivity contribution in [3.05, 3.63) is 88.6 Å². The van der Waals surface area contributed by atoms with Gasteiger partial charge in [-0.1, -0.05) is 35.9 Å². The Hall–Kier alpha value is -4.42. The zero-order valence-electron chi connectivity index (χ0n) is 22.1. The van der Waals surface area contributed by atoms with E-state index in [2.05, 4.69) is 10.3 Å². The Kier molecular flexibility index (Phi) is 8.19. The number of nitriles is 2. The summed E-state index contributed by atoms with van der Waals surface area (Å²) in [7, 11) is 0. The van der Waals surface area contributed by atoms with E-state index in [9.17, 15) is 34.0 Å². The maximum atomic E-state index is 14.6. The van der Waals surface area contributed by atoms with Crippen molar-refractivity contribution in [1.29, 1.82) is 10.5 Å². The summed E-state index contributed by atoms with van der Waals surface area (Å²) in [4.78, 5) is 34.3. The van der Waals surface area contributed by atoms with Crippen LogP contribution in [0.4, 0.5) is 20.3 Å². The Morgan fingerprint density at radius 2 is 1.83 bits per heavy atom. The SMILES string of the molecule is N#Cc1cccc(N(C(=O)[C@@H]2CCC(=O)N2c2cc(C#N)ccn2)[C@@H](c2ccccc2Cl)C(O)NC2CC(F)(F)C2)c1. The second kappa shape index (κ2) is 11.8. The van der Waals surface area contributed by atoms with Crippen LogP contribution in [0.2, 0.25) is 5.02 Å². The van der Waals surface area contributed by atoms with Gasteiger partial charge in [0, 0.05) is 42.2 Å². The number of hydrogen-bond donors (Lipinski definition) is 2. The van der Waals surface area contributed by atoms with Crippen molar-refractivity contribution in [3.63, 3.8) is 0 Å². The van der Waals surface area contributed by atoms with E-state index < -0.39 is 49.0 Å². The average Bonchev–Trinajstić information content (AvgIpc) is 3.36. The molecule has 2 fully saturated rings. The zero-order valence-corrected chi connectivity index (χ0v) is 22.9. The summed E-state index contributed by atoms with van der Waals surface area (Å²) >= 11 is 6.57. The van der Waals surface area contributed by atoms with Crippen molar-refractivity contribution >= 4 is 34.9 Å². The highest BCUT2D eigenvalue weighted by molar-refractivity contribution is 6.31. The smallest absolute Gasteiger partial charge is 0.251 e. The number of aromatic nitrogens is 1. The number of carbonyl (C=O) groups excluding carboxylic acids is 2. The van der Waals surface area contributed by atoms with Crippen LogP contribution in [0.3, 0.4) is 0 Å². The van der Waals surface area contributed by atoms with Crippen LogP contribution < -0.4 is 15.1 Å². The van der Waals surface area contributed by atoms with Crippen molar-refractivity contribution in [2.75, 3.05) is 9.80 Å². The predicted octanol–water partition coefficient (Wildman–Crippen LogP) is 4.45. The second-order valence-electron chi connectivity index (χ2n) is 10.2. The summed E-state index contributed by atoms with van der Waals surface area (Å²) in [6, 6.07) is 16.5. The summed E-state index contributed by atoms with van der Waals surface area (Å²) < 4.78 is 27.3. The molecule has 1 saturated carbocycles. The third kappa shape index (κ3) is 5.81. The van der Waals surface area contributed by atoms with E-state index >= 15 is 0 Å². The van der Waals surface area contributed by atoms with Crippen LogP contribution in [0.5, 0.6) is 0 Å². The van der Waals surface area contributed by atoms with Gasteiger partial charge in [-0.3, -0.25) is 24.7 Å². The number of alkyl halides is 2. The van der Waals surface area contributed by atoms with Gasteiger partial charge in [-0.2, -0.15) is 10.5 Å². The highest BCUT2D eigenvalue weighted by Crippen LogP contribution is 2.40. The van der Waals surface area contributed by atoms with Gasteiger partial charge in [0.25, 0.3) is 11.8 Å². The summed E-state index contributed by atoms with van der Waals surface area (Å²) in [6.07, 6.45) is -1.03. The third-order valence-corrected chi connectivity index (χ3v) is 7.75. The first-order valence-electron chi connectivity index (χ1n) is 13.2. The Morgan fingerprint density at radius 1 is 1.12 bits per heavy atom. The molecular formula is C30H25ClF2N6O3. The molecule has 1 aliphatic carbocycles. The molecule has 214 valence electrons. The summed E-state index contributed by atoms with van der Waals surface area (Å²) in [5, 5.41) is 33.5. The molecule has 12 heteroatoms. The van der Waals surface area contributed by atoms with Gasteiger partial charge in [0.1, 0.15) is 24.1 Å². The molecule has 0 bridgehead atoms. The topological polar surface area (TPSA) is 133 Å². The molecule has 1 saturated heterocycles. The maximum absolute atomic E-state index is 14.6. The van der Waals surface area contributed by atoms with Crippen molar-refractivity contribution in [3.8, 4) is 12.1 Å². The Bertz CT molecular complexity index is 1600. The van der Waals surface area contributed by atoms with Gasteiger partial charge in [0.15, 0.2) is 0 Å². The number of halogens is 3. The fourth-order valence-electron chi connectivity index (χ4n) is 5.41. The Balaban J connectivity index is 1.62. The van der Waals surface area contributed by atoms with E-state index in [4.69, 9.17) is 11.6 Å². The molecule has 2 amide bonds. The fraction of sp³-hybridized carbons (Fsp3) is 0.300. The van der Waals surface area contributed by atoms with E-state index in [1.165, 1.54) is 34.2 Å². The molecule has 2 N–H and O–H groups in total. The largest absolute Gasteiger partial charge is 0.376 e. The quantitative estimate of drug-likeness (QED) is 0.370. The number of aliphatic hydroxyl groups is 1. The van der Waals surface area contributed by atoms with Gasteiger partial charge in [0.05, 0.1) is 23.3 Å². The standard InChI is InChI=1S/C30H25ClF2N6O3/c31-23-7-2-1-6-22(23)27(28(41)37-20-14-30(32,33)15-20)38(21-5-3-4-18(12-21)16-34)29(42)24-8-9-26(40)39(24)25-13-19(17-35)10-11-36-25/h1-7,10-13,20,24,27-28,37,41H,8-9,14-15H2/t24-,27-,28?/m0/s1. The average molecular weight is 591 g/mol. The predicted molar refractivity (Wildman–Crippen MR) is 149 cm³/mol.